The first kappa shape index (κ1) is 17.1. The molecule has 0 bridgehead atoms. The number of amides is 1. The summed E-state index contributed by atoms with van der Waals surface area (Å²) in [6.45, 7) is 4.91. The topological polar surface area (TPSA) is 63.9 Å². The van der Waals surface area contributed by atoms with Gasteiger partial charge in [0, 0.05) is 24.0 Å². The third-order valence-corrected chi connectivity index (χ3v) is 5.52. The number of aryl methyl sites for hydroxylation is 1. The number of hydrogen-bond acceptors (Lipinski definition) is 5. The zero-order chi connectivity index (χ0) is 18.4. The molecule has 6 nitrogen and oxygen atoms in total. The fourth-order valence-electron chi connectivity index (χ4n) is 3.11. The molecule has 26 heavy (non-hydrogen) atoms. The summed E-state index contributed by atoms with van der Waals surface area (Å²) in [5.74, 6) is 0.671. The molecule has 1 aliphatic heterocycles. The van der Waals surface area contributed by atoms with Crippen LogP contribution in [0.1, 0.15) is 34.2 Å². The predicted molar refractivity (Wildman–Crippen MR) is 96.7 cm³/mol. The molecular weight excluding hydrogens is 377 g/mol. The van der Waals surface area contributed by atoms with E-state index in [-0.39, 0.29) is 17.0 Å². The predicted octanol–water partition coefficient (Wildman–Crippen LogP) is 3.72. The van der Waals surface area contributed by atoms with E-state index >= 15 is 0 Å². The Morgan fingerprint density at radius 1 is 1.35 bits per heavy atom. The van der Waals surface area contributed by atoms with Crippen molar-refractivity contribution in [2.75, 3.05) is 6.54 Å². The molecule has 9 heteroatoms. The van der Waals surface area contributed by atoms with Gasteiger partial charge in [-0.2, -0.15) is 0 Å². The van der Waals surface area contributed by atoms with Crippen molar-refractivity contribution < 1.29 is 9.18 Å². The number of fused-ring (bicyclic) bond motifs is 1. The molecule has 134 valence electrons. The van der Waals surface area contributed by atoms with E-state index in [0.29, 0.717) is 30.3 Å². The van der Waals surface area contributed by atoms with Crippen molar-refractivity contribution in [3.63, 3.8) is 0 Å². The summed E-state index contributed by atoms with van der Waals surface area (Å²) < 4.78 is 15.4. The maximum absolute atomic E-state index is 13.4. The van der Waals surface area contributed by atoms with Crippen LogP contribution in [0.3, 0.4) is 0 Å². The van der Waals surface area contributed by atoms with Crippen LogP contribution >= 0.6 is 22.9 Å². The molecule has 3 aromatic rings. The van der Waals surface area contributed by atoms with Crippen LogP contribution in [0.2, 0.25) is 5.02 Å². The fraction of sp³-hybridized carbons (Fsp3) is 0.294. The smallest absolute Gasteiger partial charge is 0.254 e. The van der Waals surface area contributed by atoms with E-state index in [1.54, 1.807) is 16.2 Å². The average molecular weight is 392 g/mol. The quantitative estimate of drug-likeness (QED) is 0.667. The highest BCUT2D eigenvalue weighted by Gasteiger charge is 2.32. The minimum Gasteiger partial charge on any atom is -0.327 e. The molecular formula is C17H15ClFN5OS. The normalized spacial score (nSPS) is 16.6. The van der Waals surface area contributed by atoms with Gasteiger partial charge in [0.05, 0.1) is 16.1 Å². The first-order valence-electron chi connectivity index (χ1n) is 8.07. The van der Waals surface area contributed by atoms with Gasteiger partial charge in [0.15, 0.2) is 11.6 Å². The van der Waals surface area contributed by atoms with E-state index < -0.39 is 5.82 Å². The van der Waals surface area contributed by atoms with Crippen LogP contribution in [0.4, 0.5) is 4.39 Å². The second kappa shape index (κ2) is 6.44. The van der Waals surface area contributed by atoms with Gasteiger partial charge in [-0.15, -0.1) is 21.5 Å². The highest BCUT2D eigenvalue weighted by atomic mass is 35.5. The first-order chi connectivity index (χ1) is 12.5. The van der Waals surface area contributed by atoms with Crippen molar-refractivity contribution in [1.82, 2.24) is 24.6 Å². The molecule has 1 atom stereocenters. The lowest BCUT2D eigenvalue weighted by molar-refractivity contribution is 0.0638. The van der Waals surface area contributed by atoms with Crippen molar-refractivity contribution in [2.45, 2.75) is 26.4 Å². The molecule has 3 heterocycles. The van der Waals surface area contributed by atoms with E-state index in [2.05, 4.69) is 15.2 Å². The molecule has 0 aliphatic carbocycles. The van der Waals surface area contributed by atoms with Crippen molar-refractivity contribution in [3.05, 3.63) is 50.8 Å². The van der Waals surface area contributed by atoms with Crippen LogP contribution < -0.4 is 0 Å². The molecule has 1 aliphatic rings. The van der Waals surface area contributed by atoms with Gasteiger partial charge in [0.1, 0.15) is 11.5 Å². The fourth-order valence-corrected chi connectivity index (χ4v) is 3.89. The number of carbonyl (C=O) groups excluding carboxylic acids is 1. The summed E-state index contributed by atoms with van der Waals surface area (Å²) in [5.41, 5.74) is 1.15. The van der Waals surface area contributed by atoms with Gasteiger partial charge in [0.2, 0.25) is 0 Å². The molecule has 0 N–H and O–H groups in total. The Morgan fingerprint density at radius 2 is 2.15 bits per heavy atom. The van der Waals surface area contributed by atoms with Gasteiger partial charge in [0.25, 0.3) is 5.91 Å². The molecule has 0 saturated heterocycles. The SMILES string of the molecule is Cc1nc(-c2nnc3n2CCN(C(=O)c2ccc(F)c(Cl)c2)[C@@H]3C)cs1. The third-order valence-electron chi connectivity index (χ3n) is 4.46. The van der Waals surface area contributed by atoms with Crippen LogP contribution in [-0.4, -0.2) is 37.1 Å². The minimum atomic E-state index is -0.544. The number of benzene rings is 1. The van der Waals surface area contributed by atoms with E-state index in [9.17, 15) is 9.18 Å². The van der Waals surface area contributed by atoms with Gasteiger partial charge >= 0.3 is 0 Å². The van der Waals surface area contributed by atoms with Crippen molar-refractivity contribution >= 4 is 28.8 Å². The Balaban J connectivity index is 1.64. The van der Waals surface area contributed by atoms with Crippen molar-refractivity contribution in [3.8, 4) is 11.5 Å². The number of aromatic nitrogens is 4. The molecule has 1 aromatic carbocycles. The zero-order valence-electron chi connectivity index (χ0n) is 14.1. The second-order valence-corrected chi connectivity index (χ2v) is 7.56. The number of nitrogens with zero attached hydrogens (tertiary/aromatic N) is 5. The standard InChI is InChI=1S/C17H15ClFN5OS/c1-9-15-21-22-16(14-8-26-10(2)20-14)24(15)6-5-23(9)17(25)11-3-4-13(19)12(18)7-11/h3-4,7-9H,5-6H2,1-2H3/t9-/m1/s1. The van der Waals surface area contributed by atoms with E-state index in [1.165, 1.54) is 18.2 Å². The Kier molecular flexibility index (Phi) is 4.24. The molecule has 0 spiro atoms. The van der Waals surface area contributed by atoms with Crippen molar-refractivity contribution in [1.29, 1.82) is 0 Å². The number of carbonyl (C=O) groups is 1. The number of rotatable bonds is 2. The van der Waals surface area contributed by atoms with Gasteiger partial charge in [-0.25, -0.2) is 9.37 Å². The largest absolute Gasteiger partial charge is 0.327 e. The lowest BCUT2D eigenvalue weighted by atomic mass is 10.1. The van der Waals surface area contributed by atoms with Crippen LogP contribution in [0.25, 0.3) is 11.5 Å². The Bertz CT molecular complexity index is 1000. The van der Waals surface area contributed by atoms with Gasteiger partial charge in [-0.05, 0) is 32.0 Å². The average Bonchev–Trinajstić information content (AvgIpc) is 3.23. The third kappa shape index (κ3) is 2.79. The van der Waals surface area contributed by atoms with Crippen molar-refractivity contribution in [2.24, 2.45) is 0 Å². The number of thiazole rings is 1. The Labute approximate surface area is 158 Å². The zero-order valence-corrected chi connectivity index (χ0v) is 15.7. The van der Waals surface area contributed by atoms with Gasteiger partial charge < -0.3 is 9.47 Å². The summed E-state index contributed by atoms with van der Waals surface area (Å²) in [4.78, 5) is 19.0. The lowest BCUT2D eigenvalue weighted by Gasteiger charge is -2.33. The number of hydrogen-bond donors (Lipinski definition) is 0. The highest BCUT2D eigenvalue weighted by molar-refractivity contribution is 7.09. The van der Waals surface area contributed by atoms with Gasteiger partial charge in [-0.1, -0.05) is 11.6 Å². The maximum atomic E-state index is 13.4. The molecule has 0 radical (unpaired) electrons. The Hall–Kier alpha value is -2.32. The molecule has 0 saturated carbocycles. The van der Waals surface area contributed by atoms with Gasteiger partial charge in [-0.3, -0.25) is 4.79 Å². The summed E-state index contributed by atoms with van der Waals surface area (Å²) in [6.07, 6.45) is 0. The molecule has 0 unspecified atom stereocenters. The number of halogens is 2. The van der Waals surface area contributed by atoms with E-state index in [0.717, 1.165) is 10.7 Å². The summed E-state index contributed by atoms with van der Waals surface area (Å²) in [7, 11) is 0. The molecule has 2 aromatic heterocycles. The first-order valence-corrected chi connectivity index (χ1v) is 9.33. The van der Waals surface area contributed by atoms with E-state index in [1.807, 2.05) is 23.8 Å². The molecule has 4 rings (SSSR count). The molecule has 0 fully saturated rings. The maximum Gasteiger partial charge on any atom is 0.254 e. The minimum absolute atomic E-state index is 0.0649. The van der Waals surface area contributed by atoms with Crippen LogP contribution in [0.5, 0.6) is 0 Å². The van der Waals surface area contributed by atoms with Crippen LogP contribution in [0.15, 0.2) is 23.6 Å². The highest BCUT2D eigenvalue weighted by Crippen LogP contribution is 2.30. The van der Waals surface area contributed by atoms with Crippen LogP contribution in [0, 0.1) is 12.7 Å². The Morgan fingerprint density at radius 3 is 2.85 bits per heavy atom. The monoisotopic (exact) mass is 391 g/mol. The molecule has 1 amide bonds. The summed E-state index contributed by atoms with van der Waals surface area (Å²) in [5, 5.41) is 11.4. The second-order valence-electron chi connectivity index (χ2n) is 6.09. The van der Waals surface area contributed by atoms with E-state index in [4.69, 9.17) is 11.6 Å². The van der Waals surface area contributed by atoms with Crippen LogP contribution in [-0.2, 0) is 6.54 Å². The summed E-state index contributed by atoms with van der Waals surface area (Å²) >= 11 is 7.37. The lowest BCUT2D eigenvalue weighted by Crippen LogP contribution is -2.41. The summed E-state index contributed by atoms with van der Waals surface area (Å²) in [6, 6.07) is 3.74.